The number of carbonyl (C=O) groups is 1. The number of benzene rings is 2. The van der Waals surface area contributed by atoms with Gasteiger partial charge in [0, 0.05) is 24.4 Å². The first kappa shape index (κ1) is 14.6. The van der Waals surface area contributed by atoms with Gasteiger partial charge in [0.15, 0.2) is 0 Å². The van der Waals surface area contributed by atoms with Gasteiger partial charge in [0.1, 0.15) is 0 Å². The van der Waals surface area contributed by atoms with Gasteiger partial charge < -0.3 is 15.4 Å². The van der Waals surface area contributed by atoms with Crippen molar-refractivity contribution in [2.45, 2.75) is 25.5 Å². The number of anilines is 1. The summed E-state index contributed by atoms with van der Waals surface area (Å²) in [5.41, 5.74) is 4.41. The lowest BCUT2D eigenvalue weighted by atomic mass is 10.1. The predicted molar refractivity (Wildman–Crippen MR) is 86.9 cm³/mol. The summed E-state index contributed by atoms with van der Waals surface area (Å²) in [5, 5.41) is 5.97. The molecule has 4 heteroatoms. The Morgan fingerprint density at radius 3 is 2.41 bits per heavy atom. The molecule has 2 N–H and O–H groups in total. The van der Waals surface area contributed by atoms with Crippen molar-refractivity contribution in [2.75, 3.05) is 12.4 Å². The molecule has 0 saturated heterocycles. The summed E-state index contributed by atoms with van der Waals surface area (Å²) < 4.78 is 5.15. The molecule has 2 aromatic carbocycles. The van der Waals surface area contributed by atoms with Crippen LogP contribution in [-0.4, -0.2) is 19.2 Å². The Balaban J connectivity index is 1.60. The molecule has 2 amide bonds. The molecule has 0 aromatic heterocycles. The normalized spacial score (nSPS) is 13.7. The first-order valence-corrected chi connectivity index (χ1v) is 7.47. The lowest BCUT2D eigenvalue weighted by molar-refractivity contribution is 0.185. The highest BCUT2D eigenvalue weighted by Gasteiger charge is 2.22. The van der Waals surface area contributed by atoms with E-state index < -0.39 is 0 Å². The molecule has 114 valence electrons. The Bertz CT molecular complexity index is 645. The van der Waals surface area contributed by atoms with Crippen LogP contribution in [0.5, 0.6) is 0 Å². The highest BCUT2D eigenvalue weighted by molar-refractivity contribution is 5.90. The number of amides is 2. The number of hydrogen-bond donors (Lipinski definition) is 2. The topological polar surface area (TPSA) is 50.4 Å². The molecule has 0 spiro atoms. The van der Waals surface area contributed by atoms with Crippen LogP contribution in [0, 0.1) is 0 Å². The van der Waals surface area contributed by atoms with Gasteiger partial charge in [-0.2, -0.15) is 0 Å². The molecule has 0 fully saturated rings. The zero-order chi connectivity index (χ0) is 15.4. The van der Waals surface area contributed by atoms with Crippen molar-refractivity contribution in [1.82, 2.24) is 5.32 Å². The molecule has 0 aliphatic heterocycles. The van der Waals surface area contributed by atoms with E-state index >= 15 is 0 Å². The summed E-state index contributed by atoms with van der Waals surface area (Å²) in [6.45, 7) is 0.478. The first-order valence-electron chi connectivity index (χ1n) is 7.47. The van der Waals surface area contributed by atoms with Gasteiger partial charge in [-0.3, -0.25) is 0 Å². The fourth-order valence-corrected chi connectivity index (χ4v) is 2.93. The van der Waals surface area contributed by atoms with Crippen LogP contribution in [0.4, 0.5) is 10.5 Å². The molecule has 2 aromatic rings. The van der Waals surface area contributed by atoms with Gasteiger partial charge in [0.2, 0.25) is 0 Å². The zero-order valence-corrected chi connectivity index (χ0v) is 12.6. The Morgan fingerprint density at radius 1 is 1.09 bits per heavy atom. The lowest BCUT2D eigenvalue weighted by Crippen LogP contribution is -2.38. The van der Waals surface area contributed by atoms with Gasteiger partial charge in [-0.1, -0.05) is 42.5 Å². The van der Waals surface area contributed by atoms with Crippen molar-refractivity contribution in [2.24, 2.45) is 0 Å². The van der Waals surface area contributed by atoms with Crippen LogP contribution in [0.1, 0.15) is 16.7 Å². The molecule has 0 unspecified atom stereocenters. The number of carbonyl (C=O) groups excluding carboxylic acids is 1. The average molecular weight is 296 g/mol. The summed E-state index contributed by atoms with van der Waals surface area (Å²) in [7, 11) is 1.65. The van der Waals surface area contributed by atoms with E-state index in [4.69, 9.17) is 4.74 Å². The van der Waals surface area contributed by atoms with Crippen LogP contribution in [0.2, 0.25) is 0 Å². The van der Waals surface area contributed by atoms with E-state index in [1.807, 2.05) is 36.4 Å². The van der Waals surface area contributed by atoms with Crippen LogP contribution in [0.25, 0.3) is 0 Å². The molecule has 1 aliphatic carbocycles. The molecule has 4 nitrogen and oxygen atoms in total. The summed E-state index contributed by atoms with van der Waals surface area (Å²) in [6.07, 6.45) is 1.78. The Morgan fingerprint density at radius 2 is 1.73 bits per heavy atom. The Labute approximate surface area is 130 Å². The van der Waals surface area contributed by atoms with Crippen molar-refractivity contribution in [3.8, 4) is 0 Å². The van der Waals surface area contributed by atoms with Gasteiger partial charge in [-0.05, 0) is 30.0 Å². The quantitative estimate of drug-likeness (QED) is 0.910. The number of rotatable bonds is 4. The summed E-state index contributed by atoms with van der Waals surface area (Å²) in [4.78, 5) is 12.2. The van der Waals surface area contributed by atoms with Gasteiger partial charge in [-0.25, -0.2) is 4.79 Å². The molecule has 0 heterocycles. The molecule has 1 aliphatic rings. The minimum atomic E-state index is -0.165. The van der Waals surface area contributed by atoms with Crippen LogP contribution in [0.15, 0.2) is 48.5 Å². The molecule has 22 heavy (non-hydrogen) atoms. The maximum absolute atomic E-state index is 12.2. The zero-order valence-electron chi connectivity index (χ0n) is 12.6. The standard InChI is InChI=1S/C18H20N2O2/c1-22-12-15-8-4-5-9-17(15)20-18(21)19-16-10-13-6-2-3-7-14(13)11-16/h2-9,16H,10-12H2,1H3,(H2,19,20,21). The number of hydrogen-bond acceptors (Lipinski definition) is 2. The van der Waals surface area contributed by atoms with Crippen molar-refractivity contribution in [3.05, 3.63) is 65.2 Å². The van der Waals surface area contributed by atoms with Gasteiger partial charge in [-0.15, -0.1) is 0 Å². The first-order chi connectivity index (χ1) is 10.8. The fraction of sp³-hybridized carbons (Fsp3) is 0.278. The molecular weight excluding hydrogens is 276 g/mol. The highest BCUT2D eigenvalue weighted by Crippen LogP contribution is 2.22. The minimum Gasteiger partial charge on any atom is -0.380 e. The largest absolute Gasteiger partial charge is 0.380 e. The molecule has 0 bridgehead atoms. The minimum absolute atomic E-state index is 0.159. The van der Waals surface area contributed by atoms with E-state index in [0.717, 1.165) is 24.1 Å². The summed E-state index contributed by atoms with van der Waals surface area (Å²) in [5.74, 6) is 0. The number of fused-ring (bicyclic) bond motifs is 1. The highest BCUT2D eigenvalue weighted by atomic mass is 16.5. The molecular formula is C18H20N2O2. The van der Waals surface area contributed by atoms with Gasteiger partial charge in [0.05, 0.1) is 6.61 Å². The second-order valence-corrected chi connectivity index (χ2v) is 5.56. The average Bonchev–Trinajstić information content (AvgIpc) is 2.91. The van der Waals surface area contributed by atoms with Crippen molar-refractivity contribution in [3.63, 3.8) is 0 Å². The molecule has 0 atom stereocenters. The molecule has 3 rings (SSSR count). The van der Waals surface area contributed by atoms with Crippen molar-refractivity contribution >= 4 is 11.7 Å². The van der Waals surface area contributed by atoms with Gasteiger partial charge >= 0.3 is 6.03 Å². The third kappa shape index (κ3) is 3.28. The smallest absolute Gasteiger partial charge is 0.319 e. The van der Waals surface area contributed by atoms with Gasteiger partial charge in [0.25, 0.3) is 0 Å². The Hall–Kier alpha value is -2.33. The monoisotopic (exact) mass is 296 g/mol. The van der Waals surface area contributed by atoms with E-state index in [2.05, 4.69) is 22.8 Å². The number of nitrogens with one attached hydrogen (secondary N) is 2. The van der Waals surface area contributed by atoms with E-state index in [-0.39, 0.29) is 12.1 Å². The molecule has 0 radical (unpaired) electrons. The number of urea groups is 1. The van der Waals surface area contributed by atoms with E-state index in [9.17, 15) is 4.79 Å². The van der Waals surface area contributed by atoms with Crippen LogP contribution in [-0.2, 0) is 24.2 Å². The van der Waals surface area contributed by atoms with E-state index in [1.54, 1.807) is 7.11 Å². The lowest BCUT2D eigenvalue weighted by Gasteiger charge is -2.15. The summed E-state index contributed by atoms with van der Waals surface area (Å²) in [6, 6.07) is 16.0. The Kier molecular flexibility index (Phi) is 4.39. The van der Waals surface area contributed by atoms with Crippen LogP contribution < -0.4 is 10.6 Å². The second kappa shape index (κ2) is 6.62. The SMILES string of the molecule is COCc1ccccc1NC(=O)NC1Cc2ccccc2C1. The van der Waals surface area contributed by atoms with E-state index in [0.29, 0.717) is 6.61 Å². The second-order valence-electron chi connectivity index (χ2n) is 5.56. The summed E-state index contributed by atoms with van der Waals surface area (Å²) >= 11 is 0. The molecule has 0 saturated carbocycles. The maximum atomic E-state index is 12.2. The predicted octanol–water partition coefficient (Wildman–Crippen LogP) is 3.12. The maximum Gasteiger partial charge on any atom is 0.319 e. The third-order valence-electron chi connectivity index (χ3n) is 3.95. The fourth-order valence-electron chi connectivity index (χ4n) is 2.93. The van der Waals surface area contributed by atoms with Crippen molar-refractivity contribution < 1.29 is 9.53 Å². The van der Waals surface area contributed by atoms with Crippen molar-refractivity contribution in [1.29, 1.82) is 0 Å². The van der Waals surface area contributed by atoms with Crippen LogP contribution in [0.3, 0.4) is 0 Å². The third-order valence-corrected chi connectivity index (χ3v) is 3.95. The number of methoxy groups -OCH3 is 1. The number of para-hydroxylation sites is 1. The number of ether oxygens (including phenoxy) is 1. The van der Waals surface area contributed by atoms with Crippen LogP contribution >= 0.6 is 0 Å². The van der Waals surface area contributed by atoms with E-state index in [1.165, 1.54) is 11.1 Å².